The lowest BCUT2D eigenvalue weighted by atomic mass is 10.2. The molecule has 2 rings (SSSR count). The van der Waals surface area contributed by atoms with E-state index in [4.69, 9.17) is 15.7 Å². The van der Waals surface area contributed by atoms with Gasteiger partial charge in [-0.3, -0.25) is 4.68 Å². The van der Waals surface area contributed by atoms with Gasteiger partial charge in [0.25, 0.3) is 0 Å². The molecule has 1 heterocycles. The van der Waals surface area contributed by atoms with Gasteiger partial charge in [0.15, 0.2) is 5.75 Å². The predicted octanol–water partition coefficient (Wildman–Crippen LogP) is 1.06. The Morgan fingerprint density at radius 2 is 2.31 bits per heavy atom. The highest BCUT2D eigenvalue weighted by atomic mass is 16.5. The summed E-state index contributed by atoms with van der Waals surface area (Å²) in [5, 5.41) is 12.6. The maximum Gasteiger partial charge on any atom is 0.341 e. The van der Waals surface area contributed by atoms with Crippen LogP contribution in [0.5, 0.6) is 11.8 Å². The Hall–Kier alpha value is -2.55. The summed E-state index contributed by atoms with van der Waals surface area (Å²) >= 11 is 0. The monoisotopic (exact) mass is 215 g/mol. The van der Waals surface area contributed by atoms with Crippen molar-refractivity contribution in [3.05, 3.63) is 30.1 Å². The van der Waals surface area contributed by atoms with Gasteiger partial charge < -0.3 is 10.5 Å². The van der Waals surface area contributed by atoms with Gasteiger partial charge in [-0.05, 0) is 18.2 Å². The molecule has 0 spiro atoms. The lowest BCUT2D eigenvalue weighted by Gasteiger charge is -2.04. The maximum atomic E-state index is 8.67. The summed E-state index contributed by atoms with van der Waals surface area (Å²) in [6.07, 6.45) is 1.52. The minimum Gasteiger partial charge on any atom is -0.421 e. The molecular formula is C10H9N5O. The zero-order valence-corrected chi connectivity index (χ0v) is 8.58. The van der Waals surface area contributed by atoms with Crippen molar-refractivity contribution in [3.8, 4) is 17.8 Å². The van der Waals surface area contributed by atoms with Gasteiger partial charge in [-0.25, -0.2) is 0 Å². The van der Waals surface area contributed by atoms with Gasteiger partial charge in [0, 0.05) is 7.05 Å². The van der Waals surface area contributed by atoms with Crippen molar-refractivity contribution in [1.82, 2.24) is 14.8 Å². The van der Waals surface area contributed by atoms with E-state index >= 15 is 0 Å². The van der Waals surface area contributed by atoms with E-state index in [0.717, 1.165) is 0 Å². The van der Waals surface area contributed by atoms with Crippen LogP contribution in [0.15, 0.2) is 24.5 Å². The second-order valence-corrected chi connectivity index (χ2v) is 3.17. The minimum absolute atomic E-state index is 0.221. The minimum atomic E-state index is 0.221. The van der Waals surface area contributed by atoms with Crippen LogP contribution in [0.3, 0.4) is 0 Å². The molecule has 0 aliphatic carbocycles. The number of rotatable bonds is 2. The highest BCUT2D eigenvalue weighted by molar-refractivity contribution is 5.57. The molecule has 80 valence electrons. The summed E-state index contributed by atoms with van der Waals surface area (Å²) in [5.74, 6) is 0.435. The van der Waals surface area contributed by atoms with E-state index in [-0.39, 0.29) is 6.01 Å². The van der Waals surface area contributed by atoms with Crippen molar-refractivity contribution in [2.75, 3.05) is 5.73 Å². The van der Waals surface area contributed by atoms with Crippen molar-refractivity contribution >= 4 is 5.69 Å². The fraction of sp³-hybridized carbons (Fsp3) is 0.100. The molecule has 2 N–H and O–H groups in total. The van der Waals surface area contributed by atoms with Gasteiger partial charge in [0.1, 0.15) is 6.33 Å². The number of benzene rings is 1. The number of hydrogen-bond donors (Lipinski definition) is 1. The number of nitrogens with two attached hydrogens (primary N) is 1. The topological polar surface area (TPSA) is 89.8 Å². The molecule has 6 heteroatoms. The Morgan fingerprint density at radius 3 is 2.88 bits per heavy atom. The second kappa shape index (κ2) is 3.90. The van der Waals surface area contributed by atoms with Crippen molar-refractivity contribution in [1.29, 1.82) is 5.26 Å². The zero-order valence-electron chi connectivity index (χ0n) is 8.58. The quantitative estimate of drug-likeness (QED) is 0.756. The van der Waals surface area contributed by atoms with Gasteiger partial charge in [-0.2, -0.15) is 10.2 Å². The molecule has 0 saturated heterocycles. The Morgan fingerprint density at radius 1 is 1.50 bits per heavy atom. The molecule has 0 atom stereocenters. The Labute approximate surface area is 91.9 Å². The molecule has 0 amide bonds. The van der Waals surface area contributed by atoms with E-state index in [9.17, 15) is 0 Å². The average molecular weight is 215 g/mol. The van der Waals surface area contributed by atoms with Crippen molar-refractivity contribution in [2.24, 2.45) is 7.05 Å². The van der Waals surface area contributed by atoms with Crippen LogP contribution in [-0.2, 0) is 7.05 Å². The number of aromatic nitrogens is 3. The van der Waals surface area contributed by atoms with Crippen LogP contribution in [0.4, 0.5) is 5.69 Å². The number of ether oxygens (including phenoxy) is 1. The molecule has 16 heavy (non-hydrogen) atoms. The van der Waals surface area contributed by atoms with Gasteiger partial charge in [0.2, 0.25) is 0 Å². The molecule has 1 aromatic carbocycles. The van der Waals surface area contributed by atoms with E-state index in [1.807, 2.05) is 6.07 Å². The molecule has 0 aliphatic rings. The molecule has 0 radical (unpaired) electrons. The summed E-state index contributed by atoms with van der Waals surface area (Å²) in [5.41, 5.74) is 6.58. The van der Waals surface area contributed by atoms with Crippen LogP contribution in [0.2, 0.25) is 0 Å². The molecule has 2 aromatic rings. The van der Waals surface area contributed by atoms with Gasteiger partial charge >= 0.3 is 6.01 Å². The summed E-state index contributed by atoms with van der Waals surface area (Å²) in [4.78, 5) is 3.90. The second-order valence-electron chi connectivity index (χ2n) is 3.17. The summed E-state index contributed by atoms with van der Waals surface area (Å²) in [7, 11) is 1.74. The standard InChI is InChI=1S/C10H9N5O/c1-15-6-13-10(14-15)16-9-3-2-7(5-11)4-8(9)12/h2-4,6H,12H2,1H3. The van der Waals surface area contributed by atoms with Crippen molar-refractivity contribution in [3.63, 3.8) is 0 Å². The highest BCUT2D eigenvalue weighted by Crippen LogP contribution is 2.25. The molecule has 0 bridgehead atoms. The van der Waals surface area contributed by atoms with Crippen LogP contribution >= 0.6 is 0 Å². The van der Waals surface area contributed by atoms with Crippen LogP contribution in [0.25, 0.3) is 0 Å². The zero-order chi connectivity index (χ0) is 11.5. The molecule has 0 saturated carbocycles. The molecule has 1 aromatic heterocycles. The van der Waals surface area contributed by atoms with E-state index in [2.05, 4.69) is 10.1 Å². The highest BCUT2D eigenvalue weighted by Gasteiger charge is 2.06. The maximum absolute atomic E-state index is 8.67. The summed E-state index contributed by atoms with van der Waals surface area (Å²) in [6, 6.07) is 6.99. The first kappa shape index (κ1) is 9.98. The largest absolute Gasteiger partial charge is 0.421 e. The van der Waals surface area contributed by atoms with E-state index in [1.54, 1.807) is 19.2 Å². The van der Waals surface area contributed by atoms with E-state index < -0.39 is 0 Å². The smallest absolute Gasteiger partial charge is 0.341 e. The Balaban J connectivity index is 2.26. The van der Waals surface area contributed by atoms with Crippen molar-refractivity contribution < 1.29 is 4.74 Å². The van der Waals surface area contributed by atoms with Gasteiger partial charge in [-0.15, -0.1) is 5.10 Å². The van der Waals surface area contributed by atoms with E-state index in [0.29, 0.717) is 17.0 Å². The van der Waals surface area contributed by atoms with Gasteiger partial charge in [-0.1, -0.05) is 0 Å². The number of nitriles is 1. The first-order valence-corrected chi connectivity index (χ1v) is 4.52. The number of anilines is 1. The fourth-order valence-electron chi connectivity index (χ4n) is 1.18. The average Bonchev–Trinajstić information content (AvgIpc) is 2.67. The lowest BCUT2D eigenvalue weighted by molar-refractivity contribution is 0.441. The number of nitrogens with zero attached hydrogens (tertiary/aromatic N) is 4. The SMILES string of the molecule is Cn1cnc(Oc2ccc(C#N)cc2N)n1. The van der Waals surface area contributed by atoms with Crippen LogP contribution in [0.1, 0.15) is 5.56 Å². The Bertz CT molecular complexity index is 555. The Kier molecular flexibility index (Phi) is 2.44. The first-order valence-electron chi connectivity index (χ1n) is 4.52. The normalized spacial score (nSPS) is 9.75. The van der Waals surface area contributed by atoms with Crippen LogP contribution in [-0.4, -0.2) is 14.8 Å². The van der Waals surface area contributed by atoms with E-state index in [1.165, 1.54) is 17.1 Å². The lowest BCUT2D eigenvalue weighted by Crippen LogP contribution is -1.95. The summed E-state index contributed by atoms with van der Waals surface area (Å²) in [6.45, 7) is 0. The number of hydrogen-bond acceptors (Lipinski definition) is 5. The molecule has 0 unspecified atom stereocenters. The third-order valence-electron chi connectivity index (χ3n) is 1.92. The number of nitrogen functional groups attached to an aromatic ring is 1. The molecule has 0 fully saturated rings. The van der Waals surface area contributed by atoms with Gasteiger partial charge in [0.05, 0.1) is 17.3 Å². The van der Waals surface area contributed by atoms with Crippen LogP contribution < -0.4 is 10.5 Å². The molecular weight excluding hydrogens is 206 g/mol. The third-order valence-corrected chi connectivity index (χ3v) is 1.92. The predicted molar refractivity (Wildman–Crippen MR) is 56.6 cm³/mol. The van der Waals surface area contributed by atoms with Crippen LogP contribution in [0, 0.1) is 11.3 Å². The fourth-order valence-corrected chi connectivity index (χ4v) is 1.18. The van der Waals surface area contributed by atoms with Crippen molar-refractivity contribution in [2.45, 2.75) is 0 Å². The summed E-state index contributed by atoms with van der Waals surface area (Å²) < 4.78 is 6.87. The first-order chi connectivity index (χ1) is 7.69. The molecule has 6 nitrogen and oxygen atoms in total. The molecule has 0 aliphatic heterocycles. The number of aryl methyl sites for hydroxylation is 1. The third kappa shape index (κ3) is 1.93.